The maximum atomic E-state index is 12.9. The van der Waals surface area contributed by atoms with Crippen LogP contribution < -0.4 is 5.32 Å². The highest BCUT2D eigenvalue weighted by molar-refractivity contribution is 5.98. The Kier molecular flexibility index (Phi) is 3.51. The Morgan fingerprint density at radius 2 is 1.80 bits per heavy atom. The molecule has 2 unspecified atom stereocenters. The van der Waals surface area contributed by atoms with Crippen LogP contribution in [0.15, 0.2) is 0 Å². The maximum Gasteiger partial charge on any atom is 0.249 e. The summed E-state index contributed by atoms with van der Waals surface area (Å²) in [6.45, 7) is 4.31. The molecular weight excluding hydrogens is 252 g/mol. The zero-order valence-corrected chi connectivity index (χ0v) is 12.7. The van der Waals surface area contributed by atoms with Crippen LogP contribution in [0.4, 0.5) is 0 Å². The average Bonchev–Trinajstić information content (AvgIpc) is 3.28. The predicted octanol–water partition coefficient (Wildman–Crippen LogP) is 2.08. The number of amides is 2. The molecule has 0 aromatic rings. The Balaban J connectivity index is 1.76. The third-order valence-electron chi connectivity index (χ3n) is 5.64. The molecule has 4 heteroatoms. The Hall–Kier alpha value is -1.06. The minimum Gasteiger partial charge on any atom is -0.340 e. The molecule has 20 heavy (non-hydrogen) atoms. The third-order valence-corrected chi connectivity index (χ3v) is 5.64. The molecule has 0 bridgehead atoms. The molecule has 2 saturated carbocycles. The SMILES string of the molecule is CC(C1CCCCC1)N1CC(=O)NC(C)(C2CC2)C1=O. The average molecular weight is 278 g/mol. The molecule has 2 amide bonds. The van der Waals surface area contributed by atoms with Crippen molar-refractivity contribution in [2.24, 2.45) is 11.8 Å². The molecule has 0 aromatic carbocycles. The van der Waals surface area contributed by atoms with Crippen molar-refractivity contribution in [2.45, 2.75) is 70.4 Å². The quantitative estimate of drug-likeness (QED) is 0.859. The first-order valence-electron chi connectivity index (χ1n) is 8.14. The summed E-state index contributed by atoms with van der Waals surface area (Å²) in [6.07, 6.45) is 8.38. The Morgan fingerprint density at radius 3 is 2.40 bits per heavy atom. The van der Waals surface area contributed by atoms with Crippen LogP contribution in [0.2, 0.25) is 0 Å². The van der Waals surface area contributed by atoms with E-state index in [-0.39, 0.29) is 24.4 Å². The van der Waals surface area contributed by atoms with Gasteiger partial charge in [-0.25, -0.2) is 0 Å². The molecule has 2 atom stereocenters. The van der Waals surface area contributed by atoms with Crippen molar-refractivity contribution in [2.75, 3.05) is 6.54 Å². The molecular formula is C16H26N2O2. The van der Waals surface area contributed by atoms with Crippen molar-refractivity contribution in [3.8, 4) is 0 Å². The molecule has 1 aliphatic heterocycles. The van der Waals surface area contributed by atoms with Crippen LogP contribution in [0, 0.1) is 11.8 Å². The second-order valence-corrected chi connectivity index (χ2v) is 7.10. The molecule has 3 fully saturated rings. The van der Waals surface area contributed by atoms with E-state index in [0.717, 1.165) is 12.8 Å². The molecule has 3 aliphatic rings. The van der Waals surface area contributed by atoms with Crippen molar-refractivity contribution in [3.05, 3.63) is 0 Å². The van der Waals surface area contributed by atoms with Crippen molar-refractivity contribution in [1.82, 2.24) is 10.2 Å². The zero-order valence-electron chi connectivity index (χ0n) is 12.7. The number of nitrogens with zero attached hydrogens (tertiary/aromatic N) is 1. The molecule has 1 N–H and O–H groups in total. The van der Waals surface area contributed by atoms with Crippen LogP contribution >= 0.6 is 0 Å². The highest BCUT2D eigenvalue weighted by atomic mass is 16.2. The van der Waals surface area contributed by atoms with Crippen LogP contribution in [0.3, 0.4) is 0 Å². The van der Waals surface area contributed by atoms with E-state index in [1.54, 1.807) is 0 Å². The first kappa shape index (κ1) is 13.9. The summed E-state index contributed by atoms with van der Waals surface area (Å²) in [5.41, 5.74) is -0.641. The minimum absolute atomic E-state index is 0.0154. The van der Waals surface area contributed by atoms with Gasteiger partial charge in [-0.05, 0) is 51.4 Å². The fourth-order valence-electron chi connectivity index (χ4n) is 4.04. The van der Waals surface area contributed by atoms with Gasteiger partial charge in [-0.2, -0.15) is 0 Å². The molecule has 0 spiro atoms. The summed E-state index contributed by atoms with van der Waals surface area (Å²) in [6, 6.07) is 0.201. The summed E-state index contributed by atoms with van der Waals surface area (Å²) in [4.78, 5) is 26.8. The van der Waals surface area contributed by atoms with Gasteiger partial charge in [-0.15, -0.1) is 0 Å². The number of carbonyl (C=O) groups excluding carboxylic acids is 2. The number of piperazine rings is 1. The van der Waals surface area contributed by atoms with E-state index in [2.05, 4.69) is 12.2 Å². The van der Waals surface area contributed by atoms with E-state index in [1.807, 2.05) is 11.8 Å². The number of hydrogen-bond acceptors (Lipinski definition) is 2. The van der Waals surface area contributed by atoms with E-state index in [9.17, 15) is 9.59 Å². The standard InChI is InChI=1S/C16H26N2O2/c1-11(12-6-4-3-5-7-12)18-10-14(19)17-16(2,15(18)20)13-8-9-13/h11-13H,3-10H2,1-2H3,(H,17,19). The van der Waals surface area contributed by atoms with Crippen molar-refractivity contribution >= 4 is 11.8 Å². The molecule has 4 nitrogen and oxygen atoms in total. The first-order chi connectivity index (χ1) is 9.52. The van der Waals surface area contributed by atoms with Gasteiger partial charge in [0.1, 0.15) is 5.54 Å². The van der Waals surface area contributed by atoms with Gasteiger partial charge in [-0.3, -0.25) is 9.59 Å². The summed E-state index contributed by atoms with van der Waals surface area (Å²) in [7, 11) is 0. The van der Waals surface area contributed by atoms with Gasteiger partial charge in [0.2, 0.25) is 11.8 Å². The lowest BCUT2D eigenvalue weighted by Gasteiger charge is -2.45. The van der Waals surface area contributed by atoms with Gasteiger partial charge in [0.25, 0.3) is 0 Å². The van der Waals surface area contributed by atoms with E-state index >= 15 is 0 Å². The van der Waals surface area contributed by atoms with Gasteiger partial charge < -0.3 is 10.2 Å². The topological polar surface area (TPSA) is 49.4 Å². The monoisotopic (exact) mass is 278 g/mol. The number of hydrogen-bond donors (Lipinski definition) is 1. The van der Waals surface area contributed by atoms with Crippen LogP contribution in [-0.2, 0) is 9.59 Å². The molecule has 2 aliphatic carbocycles. The lowest BCUT2D eigenvalue weighted by molar-refractivity contribution is -0.153. The maximum absolute atomic E-state index is 12.9. The number of carbonyl (C=O) groups is 2. The highest BCUT2D eigenvalue weighted by Gasteiger charge is 2.53. The smallest absolute Gasteiger partial charge is 0.249 e. The van der Waals surface area contributed by atoms with E-state index in [4.69, 9.17) is 0 Å². The van der Waals surface area contributed by atoms with E-state index in [0.29, 0.717) is 11.8 Å². The molecule has 0 radical (unpaired) electrons. The van der Waals surface area contributed by atoms with Crippen LogP contribution in [0.1, 0.15) is 58.8 Å². The van der Waals surface area contributed by atoms with Crippen LogP contribution in [-0.4, -0.2) is 34.8 Å². The van der Waals surface area contributed by atoms with Gasteiger partial charge in [0, 0.05) is 6.04 Å². The van der Waals surface area contributed by atoms with Crippen LogP contribution in [0.5, 0.6) is 0 Å². The summed E-state index contributed by atoms with van der Waals surface area (Å²) in [5, 5.41) is 2.96. The Bertz CT molecular complexity index is 413. The number of rotatable bonds is 3. The lowest BCUT2D eigenvalue weighted by Crippen LogP contribution is -2.68. The van der Waals surface area contributed by atoms with Crippen molar-refractivity contribution in [3.63, 3.8) is 0 Å². The summed E-state index contributed by atoms with van der Waals surface area (Å²) >= 11 is 0. The minimum atomic E-state index is -0.641. The fourth-order valence-corrected chi connectivity index (χ4v) is 4.04. The summed E-state index contributed by atoms with van der Waals surface area (Å²) < 4.78 is 0. The fraction of sp³-hybridized carbons (Fsp3) is 0.875. The van der Waals surface area contributed by atoms with Gasteiger partial charge in [0.05, 0.1) is 6.54 Å². The van der Waals surface area contributed by atoms with Crippen molar-refractivity contribution in [1.29, 1.82) is 0 Å². The second-order valence-electron chi connectivity index (χ2n) is 7.10. The first-order valence-corrected chi connectivity index (χ1v) is 8.14. The molecule has 1 heterocycles. The van der Waals surface area contributed by atoms with Crippen molar-refractivity contribution < 1.29 is 9.59 Å². The van der Waals surface area contributed by atoms with Gasteiger partial charge >= 0.3 is 0 Å². The molecule has 112 valence electrons. The predicted molar refractivity (Wildman–Crippen MR) is 77.0 cm³/mol. The highest BCUT2D eigenvalue weighted by Crippen LogP contribution is 2.42. The number of nitrogens with one attached hydrogen (secondary N) is 1. The van der Waals surface area contributed by atoms with Gasteiger partial charge in [0.15, 0.2) is 0 Å². The Labute approximate surface area is 121 Å². The molecule has 1 saturated heterocycles. The zero-order chi connectivity index (χ0) is 14.3. The van der Waals surface area contributed by atoms with Crippen LogP contribution in [0.25, 0.3) is 0 Å². The molecule has 0 aromatic heterocycles. The second kappa shape index (κ2) is 5.05. The van der Waals surface area contributed by atoms with Gasteiger partial charge in [-0.1, -0.05) is 19.3 Å². The third kappa shape index (κ3) is 2.33. The van der Waals surface area contributed by atoms with E-state index < -0.39 is 5.54 Å². The lowest BCUT2D eigenvalue weighted by atomic mass is 9.82. The summed E-state index contributed by atoms with van der Waals surface area (Å²) in [5.74, 6) is 1.08. The Morgan fingerprint density at radius 1 is 1.15 bits per heavy atom. The molecule has 3 rings (SSSR count). The normalized spacial score (nSPS) is 34.0. The largest absolute Gasteiger partial charge is 0.340 e. The van der Waals surface area contributed by atoms with E-state index in [1.165, 1.54) is 32.1 Å².